The summed E-state index contributed by atoms with van der Waals surface area (Å²) in [6.07, 6.45) is 2.06. The Morgan fingerprint density at radius 2 is 1.95 bits per heavy atom. The molecule has 1 aliphatic heterocycles. The number of rotatable bonds is 1. The van der Waals surface area contributed by atoms with Crippen LogP contribution >= 0.6 is 0 Å². The van der Waals surface area contributed by atoms with E-state index in [0.717, 1.165) is 0 Å². The van der Waals surface area contributed by atoms with Gasteiger partial charge in [-0.25, -0.2) is 0 Å². The van der Waals surface area contributed by atoms with Crippen LogP contribution in [0.1, 0.15) is 31.2 Å². The second-order valence-electron chi connectivity index (χ2n) is 5.07. The normalized spacial score (nSPS) is 20.9. The zero-order chi connectivity index (χ0) is 13.5. The number of benzene rings is 1. The maximum absolute atomic E-state index is 12.4. The molecule has 1 aliphatic carbocycles. The van der Waals surface area contributed by atoms with Gasteiger partial charge in [-0.15, -0.1) is 0 Å². The van der Waals surface area contributed by atoms with Gasteiger partial charge in [0.15, 0.2) is 11.6 Å². The fourth-order valence-electron chi connectivity index (χ4n) is 3.12. The first-order chi connectivity index (χ1) is 9.18. The van der Waals surface area contributed by atoms with Crippen molar-refractivity contribution in [2.45, 2.75) is 31.1 Å². The second-order valence-corrected chi connectivity index (χ2v) is 5.07. The quantitative estimate of drug-likeness (QED) is 0.725. The molecular weight excluding hydrogens is 244 g/mol. The predicted octanol–water partition coefficient (Wildman–Crippen LogP) is 2.04. The van der Waals surface area contributed by atoms with Crippen molar-refractivity contribution in [1.82, 2.24) is 0 Å². The van der Waals surface area contributed by atoms with Crippen LogP contribution < -0.4 is 9.47 Å². The monoisotopic (exact) mass is 260 g/mol. The van der Waals surface area contributed by atoms with Gasteiger partial charge in [0.1, 0.15) is 16.9 Å². The van der Waals surface area contributed by atoms with Gasteiger partial charge in [-0.1, -0.05) is 0 Å². The molecule has 0 bridgehead atoms. The van der Waals surface area contributed by atoms with Crippen LogP contribution in [0, 0.1) is 0 Å². The number of hydrogen-bond donors (Lipinski definition) is 0. The molecule has 0 aromatic heterocycles. The van der Waals surface area contributed by atoms with Crippen LogP contribution in [0.2, 0.25) is 0 Å². The first-order valence-electron chi connectivity index (χ1n) is 6.56. The zero-order valence-corrected chi connectivity index (χ0v) is 10.9. The topological polar surface area (TPSA) is 52.6 Å². The summed E-state index contributed by atoms with van der Waals surface area (Å²) in [4.78, 5) is 24.9. The van der Waals surface area contributed by atoms with Crippen LogP contribution in [0.3, 0.4) is 0 Å². The molecule has 0 radical (unpaired) electrons. The largest absolute Gasteiger partial charge is 0.497 e. The molecule has 0 saturated heterocycles. The van der Waals surface area contributed by atoms with Crippen LogP contribution in [-0.4, -0.2) is 25.3 Å². The van der Waals surface area contributed by atoms with Gasteiger partial charge in [0.05, 0.1) is 13.7 Å². The molecule has 1 spiro atoms. The second kappa shape index (κ2) is 4.37. The molecular formula is C15H16O4. The highest BCUT2D eigenvalue weighted by Crippen LogP contribution is 2.45. The van der Waals surface area contributed by atoms with Crippen LogP contribution in [0.15, 0.2) is 18.2 Å². The fourth-order valence-corrected chi connectivity index (χ4v) is 3.12. The lowest BCUT2D eigenvalue weighted by atomic mass is 9.64. The van der Waals surface area contributed by atoms with Crippen molar-refractivity contribution in [2.75, 3.05) is 13.7 Å². The first kappa shape index (κ1) is 12.2. The first-order valence-corrected chi connectivity index (χ1v) is 6.56. The highest BCUT2D eigenvalue weighted by Gasteiger charge is 2.51. The van der Waals surface area contributed by atoms with E-state index in [0.29, 0.717) is 49.4 Å². The highest BCUT2D eigenvalue weighted by atomic mass is 16.5. The Balaban J connectivity index is 2.19. The van der Waals surface area contributed by atoms with Crippen molar-refractivity contribution in [2.24, 2.45) is 0 Å². The minimum atomic E-state index is -0.986. The van der Waals surface area contributed by atoms with E-state index in [9.17, 15) is 9.59 Å². The molecule has 1 heterocycles. The summed E-state index contributed by atoms with van der Waals surface area (Å²) in [6.45, 7) is 0.414. The molecule has 1 saturated carbocycles. The summed E-state index contributed by atoms with van der Waals surface area (Å²) in [7, 11) is 1.57. The van der Waals surface area contributed by atoms with Crippen LogP contribution in [0.4, 0.5) is 0 Å². The molecule has 0 atom stereocenters. The van der Waals surface area contributed by atoms with Gasteiger partial charge >= 0.3 is 0 Å². The van der Waals surface area contributed by atoms with E-state index >= 15 is 0 Å². The number of carbonyl (C=O) groups excluding carboxylic acids is 2. The fraction of sp³-hybridized carbons (Fsp3) is 0.467. The number of Topliss-reactive ketones (excluding diaryl/α,β-unsaturated/α-hetero) is 2. The smallest absolute Gasteiger partial charge is 0.151 e. The lowest BCUT2D eigenvalue weighted by Gasteiger charge is -2.38. The van der Waals surface area contributed by atoms with Gasteiger partial charge < -0.3 is 9.47 Å². The van der Waals surface area contributed by atoms with Crippen molar-refractivity contribution < 1.29 is 19.1 Å². The number of carbonyl (C=O) groups is 2. The minimum absolute atomic E-state index is 0.0292. The van der Waals surface area contributed by atoms with Crippen molar-refractivity contribution in [3.8, 4) is 11.5 Å². The third-order valence-electron chi connectivity index (χ3n) is 4.14. The van der Waals surface area contributed by atoms with E-state index in [1.54, 1.807) is 25.3 Å². The molecule has 4 heteroatoms. The van der Waals surface area contributed by atoms with Gasteiger partial charge in [0, 0.05) is 24.8 Å². The van der Waals surface area contributed by atoms with Gasteiger partial charge in [-0.3, -0.25) is 9.59 Å². The summed E-state index contributed by atoms with van der Waals surface area (Å²) in [5.74, 6) is 1.34. The Bertz CT molecular complexity index is 531. The number of ketones is 2. The molecule has 100 valence electrons. The Morgan fingerprint density at radius 1 is 1.21 bits per heavy atom. The molecule has 0 unspecified atom stereocenters. The Labute approximate surface area is 111 Å². The van der Waals surface area contributed by atoms with E-state index in [2.05, 4.69) is 0 Å². The van der Waals surface area contributed by atoms with Gasteiger partial charge in [0.2, 0.25) is 0 Å². The average Bonchev–Trinajstić information content (AvgIpc) is 2.44. The summed E-state index contributed by atoms with van der Waals surface area (Å²) >= 11 is 0. The third-order valence-corrected chi connectivity index (χ3v) is 4.14. The Kier molecular flexibility index (Phi) is 2.81. The van der Waals surface area contributed by atoms with Gasteiger partial charge in [-0.2, -0.15) is 0 Å². The lowest BCUT2D eigenvalue weighted by Crippen LogP contribution is -2.49. The number of fused-ring (bicyclic) bond motifs is 2. The average molecular weight is 260 g/mol. The molecule has 0 amide bonds. The van der Waals surface area contributed by atoms with Crippen LogP contribution in [-0.2, 0) is 15.0 Å². The van der Waals surface area contributed by atoms with Gasteiger partial charge in [0.25, 0.3) is 0 Å². The molecule has 4 nitrogen and oxygen atoms in total. The summed E-state index contributed by atoms with van der Waals surface area (Å²) in [5.41, 5.74) is -0.298. The molecule has 0 N–H and O–H groups in total. The molecule has 1 aromatic carbocycles. The van der Waals surface area contributed by atoms with Gasteiger partial charge in [-0.05, 0) is 24.6 Å². The van der Waals surface area contributed by atoms with Crippen molar-refractivity contribution in [3.05, 3.63) is 23.8 Å². The molecule has 2 aliphatic rings. The molecule has 1 aromatic rings. The van der Waals surface area contributed by atoms with Crippen molar-refractivity contribution in [3.63, 3.8) is 0 Å². The van der Waals surface area contributed by atoms with E-state index in [-0.39, 0.29) is 11.6 Å². The maximum Gasteiger partial charge on any atom is 0.151 e. The Morgan fingerprint density at radius 3 is 2.63 bits per heavy atom. The van der Waals surface area contributed by atoms with E-state index in [1.165, 1.54) is 0 Å². The summed E-state index contributed by atoms with van der Waals surface area (Å²) < 4.78 is 10.8. The van der Waals surface area contributed by atoms with E-state index in [1.807, 2.05) is 0 Å². The molecule has 3 rings (SSSR count). The Hall–Kier alpha value is -1.84. The highest BCUT2D eigenvalue weighted by molar-refractivity contribution is 6.15. The zero-order valence-electron chi connectivity index (χ0n) is 10.9. The molecule has 1 fully saturated rings. The SMILES string of the molecule is COc1ccc2c(c1)C1(CCO2)C(=O)CCCC1=O. The minimum Gasteiger partial charge on any atom is -0.497 e. The predicted molar refractivity (Wildman–Crippen MR) is 68.6 cm³/mol. The number of methoxy groups -OCH3 is 1. The van der Waals surface area contributed by atoms with Crippen molar-refractivity contribution >= 4 is 11.6 Å². The van der Waals surface area contributed by atoms with Crippen LogP contribution in [0.25, 0.3) is 0 Å². The summed E-state index contributed by atoms with van der Waals surface area (Å²) in [5, 5.41) is 0. The lowest BCUT2D eigenvalue weighted by molar-refractivity contribution is -0.139. The standard InChI is InChI=1S/C15H16O4/c1-18-10-5-6-12-11(9-10)15(7-8-19-12)13(16)3-2-4-14(15)17/h5-6,9H,2-4,7-8H2,1H3. The number of ether oxygens (including phenoxy) is 2. The number of hydrogen-bond acceptors (Lipinski definition) is 4. The maximum atomic E-state index is 12.4. The third kappa shape index (κ3) is 1.66. The van der Waals surface area contributed by atoms with E-state index < -0.39 is 5.41 Å². The molecule has 19 heavy (non-hydrogen) atoms. The van der Waals surface area contributed by atoms with Crippen molar-refractivity contribution in [1.29, 1.82) is 0 Å². The van der Waals surface area contributed by atoms with E-state index in [4.69, 9.17) is 9.47 Å². The summed E-state index contributed by atoms with van der Waals surface area (Å²) in [6, 6.07) is 5.34. The van der Waals surface area contributed by atoms with Crippen LogP contribution in [0.5, 0.6) is 11.5 Å².